The quantitative estimate of drug-likeness (QED) is 0.0592. The van der Waals surface area contributed by atoms with Gasteiger partial charge >= 0.3 is 0 Å². The maximum atomic E-state index is 12.8. The van der Waals surface area contributed by atoms with Crippen LogP contribution in [0.4, 0.5) is 0 Å². The number of rotatable bonds is 21. The largest absolute Gasteiger partial charge is 0.365 e. The highest BCUT2D eigenvalue weighted by Crippen LogP contribution is 2.46. The van der Waals surface area contributed by atoms with Crippen molar-refractivity contribution in [1.29, 1.82) is 0 Å². The fraction of sp³-hybridized carbons (Fsp3) is 0.519. The third-order valence-corrected chi connectivity index (χ3v) is 22.6. The first-order valence-electron chi connectivity index (χ1n) is 36.7. The molecule has 6 fully saturated rings. The zero-order valence-electron chi connectivity index (χ0n) is 56.9. The van der Waals surface area contributed by atoms with E-state index in [0.29, 0.717) is 0 Å². The molecule has 6 saturated heterocycles. The fourth-order valence-corrected chi connectivity index (χ4v) is 17.1. The third-order valence-electron chi connectivity index (χ3n) is 22.6. The Bertz CT molecular complexity index is 3080. The summed E-state index contributed by atoms with van der Waals surface area (Å²) in [6.45, 7) is 19.7. The number of hydrogen-bond acceptors (Lipinski definition) is 12. The highest BCUT2D eigenvalue weighted by molar-refractivity contribution is 5.83. The van der Waals surface area contributed by atoms with Crippen molar-refractivity contribution in [3.05, 3.63) is 214 Å². The number of carbonyl (C=O) groups excluding carboxylic acids is 3. The second-order valence-corrected chi connectivity index (χ2v) is 28.6. The molecule has 6 aromatic carbocycles. The number of likely N-dealkylation sites (tertiary alicyclic amines) is 6. The molecule has 0 bridgehead atoms. The molecule has 0 aliphatic carbocycles. The van der Waals surface area contributed by atoms with E-state index in [9.17, 15) is 14.4 Å². The summed E-state index contributed by atoms with van der Waals surface area (Å²) in [7, 11) is 0. The van der Waals surface area contributed by atoms with E-state index in [1.165, 1.54) is 50.1 Å². The van der Waals surface area contributed by atoms with Gasteiger partial charge in [0.15, 0.2) is 0 Å². The smallest absolute Gasteiger partial charge is 0.237 e. The Kier molecular flexibility index (Phi) is 23.2. The molecule has 15 heteroatoms. The van der Waals surface area contributed by atoms with Crippen molar-refractivity contribution < 1.29 is 28.6 Å². The zero-order chi connectivity index (χ0) is 65.4. The monoisotopic (exact) mass is 1300 g/mol. The molecule has 9 aliphatic rings. The van der Waals surface area contributed by atoms with Crippen LogP contribution in [0.5, 0.6) is 0 Å². The van der Waals surface area contributed by atoms with Gasteiger partial charge in [-0.15, -0.1) is 0 Å². The molecule has 3 atom stereocenters. The van der Waals surface area contributed by atoms with Crippen LogP contribution in [0.15, 0.2) is 164 Å². The van der Waals surface area contributed by atoms with Crippen molar-refractivity contribution in [2.24, 2.45) is 0 Å². The first-order valence-corrected chi connectivity index (χ1v) is 36.7. The predicted octanol–water partition coefficient (Wildman–Crippen LogP) is 11.0. The second-order valence-electron chi connectivity index (χ2n) is 28.6. The molecule has 3 N–H and O–H groups in total. The van der Waals surface area contributed by atoms with E-state index in [1.54, 1.807) is 0 Å². The summed E-state index contributed by atoms with van der Waals surface area (Å²) in [5.41, 5.74) is 11.9. The van der Waals surface area contributed by atoms with Crippen LogP contribution >= 0.6 is 0 Å². The molecule has 510 valence electrons. The molecule has 96 heavy (non-hydrogen) atoms. The number of benzene rings is 6. The molecule has 0 radical (unpaired) electrons. The van der Waals surface area contributed by atoms with Crippen LogP contribution in [0.2, 0.25) is 0 Å². The summed E-state index contributed by atoms with van der Waals surface area (Å²) < 4.78 is 18.8. The Hall–Kier alpha value is -6.63. The maximum Gasteiger partial charge on any atom is 0.237 e. The lowest BCUT2D eigenvalue weighted by atomic mass is 9.84. The van der Waals surface area contributed by atoms with Crippen molar-refractivity contribution in [1.82, 2.24) is 45.3 Å². The van der Waals surface area contributed by atoms with Crippen molar-refractivity contribution in [2.75, 3.05) is 98.2 Å². The van der Waals surface area contributed by atoms with E-state index >= 15 is 0 Å². The van der Waals surface area contributed by atoms with E-state index in [4.69, 9.17) is 14.2 Å². The Labute approximate surface area is 571 Å². The van der Waals surface area contributed by atoms with E-state index < -0.39 is 0 Å². The Balaban J connectivity index is 0.000000130. The highest BCUT2D eigenvalue weighted by Gasteiger charge is 2.45. The summed E-state index contributed by atoms with van der Waals surface area (Å²) in [6, 6.07) is 57.5. The molecule has 15 nitrogen and oxygen atoms in total. The van der Waals surface area contributed by atoms with Crippen molar-refractivity contribution in [3.8, 4) is 0 Å². The average molecular weight is 1300 g/mol. The molecule has 6 aromatic rings. The van der Waals surface area contributed by atoms with Gasteiger partial charge in [-0.1, -0.05) is 164 Å². The molecular weight excluding hydrogens is 1190 g/mol. The molecule has 9 aliphatic heterocycles. The normalized spacial score (nSPS) is 22.8. The number of ether oxygens (including phenoxy) is 3. The lowest BCUT2D eigenvalue weighted by molar-refractivity contribution is -0.126. The summed E-state index contributed by atoms with van der Waals surface area (Å²) >= 11 is 0. The molecule has 9 heterocycles. The van der Waals surface area contributed by atoms with Gasteiger partial charge in [-0.05, 0) is 186 Å². The molecule has 0 saturated carbocycles. The number of amides is 3. The van der Waals surface area contributed by atoms with Crippen LogP contribution in [0, 0.1) is 0 Å². The van der Waals surface area contributed by atoms with Crippen molar-refractivity contribution in [2.45, 2.75) is 171 Å². The van der Waals surface area contributed by atoms with Crippen molar-refractivity contribution >= 4 is 17.7 Å². The van der Waals surface area contributed by atoms with Crippen LogP contribution in [-0.4, -0.2) is 163 Å². The van der Waals surface area contributed by atoms with Gasteiger partial charge < -0.3 is 44.9 Å². The first kappa shape index (κ1) is 67.9. The number of hydrogen-bond donors (Lipinski definition) is 3. The minimum absolute atomic E-state index is 0.0182. The van der Waals surface area contributed by atoms with E-state index in [-0.39, 0.29) is 52.7 Å². The zero-order valence-corrected chi connectivity index (χ0v) is 56.9. The van der Waals surface area contributed by atoms with E-state index in [2.05, 4.69) is 191 Å². The SMILES string of the molecule is O=C(NCCCN1CCC2(CC1)OCc1ccccc12)[C@H]1CCCN1Cc1ccccc1.O=C(NCCCN1CCC2(CC1)OCc1ccccc12)[C@H]1CCCN1Cc1ccccc1.O=C(NCCCN1CCC2(CC1)OCc1ccccc12)[C@H]1CCCN1Cc1ccccc1. The number of nitrogens with zero attached hydrogens (tertiary/aromatic N) is 6. The summed E-state index contributed by atoms with van der Waals surface area (Å²) in [4.78, 5) is 53.0. The predicted molar refractivity (Wildman–Crippen MR) is 378 cm³/mol. The molecule has 3 spiro atoms. The number of nitrogens with one attached hydrogen (secondary N) is 3. The van der Waals surface area contributed by atoms with E-state index in [0.717, 1.165) is 234 Å². The van der Waals surface area contributed by atoms with Gasteiger partial charge in [0.05, 0.1) is 54.7 Å². The van der Waals surface area contributed by atoms with Gasteiger partial charge in [0.2, 0.25) is 17.7 Å². The number of carbonyl (C=O) groups is 3. The topological polar surface area (TPSA) is 134 Å². The van der Waals surface area contributed by atoms with Crippen LogP contribution in [0.25, 0.3) is 0 Å². The minimum atomic E-state index is -0.0635. The maximum absolute atomic E-state index is 12.8. The minimum Gasteiger partial charge on any atom is -0.365 e. The Morgan fingerprint density at radius 2 is 0.604 bits per heavy atom. The van der Waals surface area contributed by atoms with Gasteiger partial charge in [-0.2, -0.15) is 0 Å². The molecule has 0 unspecified atom stereocenters. The third kappa shape index (κ3) is 16.7. The second kappa shape index (κ2) is 32.8. The van der Waals surface area contributed by atoms with E-state index in [1.807, 2.05) is 18.2 Å². The fourth-order valence-electron chi connectivity index (χ4n) is 17.1. The molecule has 0 aromatic heterocycles. The van der Waals surface area contributed by atoms with Gasteiger partial charge in [-0.3, -0.25) is 29.1 Å². The first-order chi connectivity index (χ1) is 47.2. The summed E-state index contributed by atoms with van der Waals surface area (Å²) in [6.07, 6.45) is 15.6. The van der Waals surface area contributed by atoms with Crippen LogP contribution in [-0.2, 0) is 84.9 Å². The average Bonchev–Trinajstić information content (AvgIpc) is 1.61. The highest BCUT2D eigenvalue weighted by atomic mass is 16.5. The van der Waals surface area contributed by atoms with Crippen molar-refractivity contribution in [3.63, 3.8) is 0 Å². The lowest BCUT2D eigenvalue weighted by Gasteiger charge is -2.39. The van der Waals surface area contributed by atoms with Gasteiger partial charge in [0.25, 0.3) is 0 Å². The molecular formula is C81H105N9O6. The summed E-state index contributed by atoms with van der Waals surface area (Å²) in [5, 5.41) is 9.63. The van der Waals surface area contributed by atoms with Gasteiger partial charge in [0.1, 0.15) is 0 Å². The number of fused-ring (bicyclic) bond motifs is 6. The number of piperidine rings is 3. The van der Waals surface area contributed by atoms with Crippen LogP contribution < -0.4 is 16.0 Å². The Morgan fingerprint density at radius 1 is 0.344 bits per heavy atom. The summed E-state index contributed by atoms with van der Waals surface area (Å²) in [5.74, 6) is 0.603. The lowest BCUT2D eigenvalue weighted by Crippen LogP contribution is -2.45. The molecule has 15 rings (SSSR count). The Morgan fingerprint density at radius 3 is 0.885 bits per heavy atom. The molecule has 3 amide bonds. The van der Waals surface area contributed by atoms with Gasteiger partial charge in [-0.25, -0.2) is 0 Å². The van der Waals surface area contributed by atoms with Crippen LogP contribution in [0.3, 0.4) is 0 Å². The van der Waals surface area contributed by atoms with Crippen LogP contribution in [0.1, 0.15) is 146 Å². The van der Waals surface area contributed by atoms with Gasteiger partial charge in [0, 0.05) is 78.5 Å². The standard InChI is InChI=1S/3C27H35N3O2/c3*31-26(25-12-6-17-30(25)20-22-8-2-1-3-9-22)28-15-7-16-29-18-13-27(14-19-29)24-11-5-4-10-23(24)21-32-27/h3*1-5,8-11,25H,6-7,12-21H2,(H,28,31)/t3*25-/m111/s1.